The maximum atomic E-state index is 12.1. The van der Waals surface area contributed by atoms with Crippen LogP contribution < -0.4 is 15.0 Å². The van der Waals surface area contributed by atoms with Crippen LogP contribution in [0.15, 0.2) is 42.5 Å². The van der Waals surface area contributed by atoms with Gasteiger partial charge in [0.2, 0.25) is 0 Å². The number of hydrogen-bond acceptors (Lipinski definition) is 4. The number of likely N-dealkylation sites (N-methyl/N-ethyl adjacent to an activating group) is 1. The Balaban J connectivity index is 2.09. The van der Waals surface area contributed by atoms with Crippen LogP contribution in [0.1, 0.15) is 0 Å². The summed E-state index contributed by atoms with van der Waals surface area (Å²) in [5.41, 5.74) is 0.865. The van der Waals surface area contributed by atoms with Crippen molar-refractivity contribution in [3.8, 4) is 11.5 Å². The summed E-state index contributed by atoms with van der Waals surface area (Å²) < 4.78 is 5.02. The fourth-order valence-corrected chi connectivity index (χ4v) is 2.13. The number of halogens is 1. The quantitative estimate of drug-likeness (QED) is 0.846. The molecule has 7 heteroatoms. The van der Waals surface area contributed by atoms with Crippen LogP contribution in [0.5, 0.6) is 11.5 Å². The zero-order valence-electron chi connectivity index (χ0n) is 12.5. The van der Waals surface area contributed by atoms with Crippen molar-refractivity contribution in [3.05, 3.63) is 47.5 Å². The van der Waals surface area contributed by atoms with Gasteiger partial charge >= 0.3 is 11.8 Å². The van der Waals surface area contributed by atoms with Crippen LogP contribution in [0.4, 0.5) is 11.4 Å². The molecule has 120 valence electrons. The molecule has 0 radical (unpaired) electrons. The molecule has 0 saturated carbocycles. The van der Waals surface area contributed by atoms with Crippen LogP contribution in [-0.2, 0) is 9.59 Å². The van der Waals surface area contributed by atoms with Gasteiger partial charge in [-0.15, -0.1) is 0 Å². The van der Waals surface area contributed by atoms with Crippen molar-refractivity contribution < 1.29 is 19.4 Å². The van der Waals surface area contributed by atoms with Crippen molar-refractivity contribution in [2.24, 2.45) is 0 Å². The van der Waals surface area contributed by atoms with Crippen LogP contribution in [0.25, 0.3) is 0 Å². The van der Waals surface area contributed by atoms with E-state index in [1.807, 2.05) is 0 Å². The Morgan fingerprint density at radius 1 is 1.17 bits per heavy atom. The SMILES string of the molecule is COc1ccc(NC(=O)C(=O)N(C)c2ccc(O)cc2)cc1Cl. The van der Waals surface area contributed by atoms with Crippen LogP contribution >= 0.6 is 11.6 Å². The normalized spacial score (nSPS) is 10.0. The molecule has 2 rings (SSSR count). The van der Waals surface area contributed by atoms with Crippen molar-refractivity contribution in [3.63, 3.8) is 0 Å². The predicted octanol–water partition coefficient (Wildman–Crippen LogP) is 2.66. The summed E-state index contributed by atoms with van der Waals surface area (Å²) in [5, 5.41) is 12.0. The number of carbonyl (C=O) groups excluding carboxylic acids is 2. The van der Waals surface area contributed by atoms with Crippen molar-refractivity contribution >= 4 is 34.8 Å². The Labute approximate surface area is 138 Å². The molecule has 0 aliphatic rings. The van der Waals surface area contributed by atoms with Crippen molar-refractivity contribution in [2.45, 2.75) is 0 Å². The third-order valence-electron chi connectivity index (χ3n) is 3.15. The van der Waals surface area contributed by atoms with E-state index in [-0.39, 0.29) is 5.75 Å². The van der Waals surface area contributed by atoms with Crippen LogP contribution in [0.2, 0.25) is 5.02 Å². The number of methoxy groups -OCH3 is 1. The molecule has 0 aliphatic heterocycles. The number of nitrogens with zero attached hydrogens (tertiary/aromatic N) is 1. The number of carbonyl (C=O) groups is 2. The second-order valence-corrected chi connectivity index (χ2v) is 5.09. The lowest BCUT2D eigenvalue weighted by Crippen LogP contribution is -2.37. The number of hydrogen-bond donors (Lipinski definition) is 2. The highest BCUT2D eigenvalue weighted by atomic mass is 35.5. The average molecular weight is 335 g/mol. The van der Waals surface area contributed by atoms with Gasteiger partial charge in [0.15, 0.2) is 0 Å². The van der Waals surface area contributed by atoms with Gasteiger partial charge in [0.1, 0.15) is 11.5 Å². The molecule has 0 aliphatic carbocycles. The fraction of sp³-hybridized carbons (Fsp3) is 0.125. The minimum absolute atomic E-state index is 0.0759. The molecule has 0 fully saturated rings. The molecule has 2 N–H and O–H groups in total. The third kappa shape index (κ3) is 3.92. The summed E-state index contributed by atoms with van der Waals surface area (Å²) in [6.45, 7) is 0. The second kappa shape index (κ2) is 7.02. The van der Waals surface area contributed by atoms with E-state index in [2.05, 4.69) is 5.32 Å². The molecule has 2 aromatic rings. The van der Waals surface area contributed by atoms with Crippen LogP contribution in [0.3, 0.4) is 0 Å². The van der Waals surface area contributed by atoms with E-state index in [4.69, 9.17) is 16.3 Å². The van der Waals surface area contributed by atoms with Gasteiger partial charge in [-0.05, 0) is 42.5 Å². The summed E-state index contributed by atoms with van der Waals surface area (Å²) in [4.78, 5) is 25.3. The summed E-state index contributed by atoms with van der Waals surface area (Å²) in [5.74, 6) is -1.01. The van der Waals surface area contributed by atoms with E-state index in [1.54, 1.807) is 12.1 Å². The highest BCUT2D eigenvalue weighted by molar-refractivity contribution is 6.44. The monoisotopic (exact) mass is 334 g/mol. The van der Waals surface area contributed by atoms with Gasteiger partial charge in [-0.3, -0.25) is 9.59 Å². The zero-order valence-corrected chi connectivity index (χ0v) is 13.3. The van der Waals surface area contributed by atoms with Gasteiger partial charge < -0.3 is 20.1 Å². The van der Waals surface area contributed by atoms with Gasteiger partial charge in [-0.2, -0.15) is 0 Å². The first-order valence-corrected chi connectivity index (χ1v) is 7.02. The maximum Gasteiger partial charge on any atom is 0.316 e. The predicted molar refractivity (Wildman–Crippen MR) is 88.2 cm³/mol. The molecule has 0 unspecified atom stereocenters. The van der Waals surface area contributed by atoms with Gasteiger partial charge in [-0.1, -0.05) is 11.6 Å². The maximum absolute atomic E-state index is 12.1. The van der Waals surface area contributed by atoms with Crippen molar-refractivity contribution in [1.82, 2.24) is 0 Å². The van der Waals surface area contributed by atoms with Gasteiger partial charge in [0.05, 0.1) is 12.1 Å². The molecular weight excluding hydrogens is 320 g/mol. The summed E-state index contributed by atoms with van der Waals surface area (Å²) in [6, 6.07) is 10.6. The van der Waals surface area contributed by atoms with Gasteiger partial charge in [0, 0.05) is 18.4 Å². The Kier molecular flexibility index (Phi) is 5.08. The van der Waals surface area contributed by atoms with Crippen molar-refractivity contribution in [2.75, 3.05) is 24.4 Å². The molecule has 0 spiro atoms. The van der Waals surface area contributed by atoms with E-state index in [1.165, 1.54) is 49.4 Å². The molecule has 0 saturated heterocycles. The number of amides is 2. The van der Waals surface area contributed by atoms with E-state index in [0.29, 0.717) is 22.1 Å². The van der Waals surface area contributed by atoms with E-state index in [0.717, 1.165) is 0 Å². The lowest BCUT2D eigenvalue weighted by molar-refractivity contribution is -0.134. The minimum Gasteiger partial charge on any atom is -0.508 e. The number of benzene rings is 2. The van der Waals surface area contributed by atoms with E-state index >= 15 is 0 Å². The first kappa shape index (κ1) is 16.6. The Bertz CT molecular complexity index is 731. The molecule has 0 heterocycles. The smallest absolute Gasteiger partial charge is 0.316 e. The highest BCUT2D eigenvalue weighted by Gasteiger charge is 2.20. The zero-order chi connectivity index (χ0) is 17.0. The van der Waals surface area contributed by atoms with Crippen molar-refractivity contribution in [1.29, 1.82) is 0 Å². The molecule has 0 atom stereocenters. The molecule has 6 nitrogen and oxygen atoms in total. The number of aromatic hydroxyl groups is 1. The number of ether oxygens (including phenoxy) is 1. The minimum atomic E-state index is -0.804. The van der Waals surface area contributed by atoms with Gasteiger partial charge in [0.25, 0.3) is 0 Å². The van der Waals surface area contributed by atoms with Crippen LogP contribution in [0, 0.1) is 0 Å². The summed E-state index contributed by atoms with van der Waals surface area (Å²) in [7, 11) is 2.95. The van der Waals surface area contributed by atoms with Crippen LogP contribution in [-0.4, -0.2) is 31.1 Å². The Morgan fingerprint density at radius 2 is 1.83 bits per heavy atom. The molecular formula is C16H15ClN2O4. The number of nitrogens with one attached hydrogen (secondary N) is 1. The fourth-order valence-electron chi connectivity index (χ4n) is 1.87. The molecule has 0 bridgehead atoms. The Hall–Kier alpha value is -2.73. The van der Waals surface area contributed by atoms with E-state index < -0.39 is 11.8 Å². The first-order chi connectivity index (χ1) is 10.9. The average Bonchev–Trinajstić information content (AvgIpc) is 2.54. The number of phenolic OH excluding ortho intramolecular Hbond substituents is 1. The topological polar surface area (TPSA) is 78.9 Å². The molecule has 2 amide bonds. The lowest BCUT2D eigenvalue weighted by Gasteiger charge is -2.17. The van der Waals surface area contributed by atoms with E-state index in [9.17, 15) is 14.7 Å². The van der Waals surface area contributed by atoms with Gasteiger partial charge in [-0.25, -0.2) is 0 Å². The number of rotatable bonds is 3. The third-order valence-corrected chi connectivity index (χ3v) is 3.44. The highest BCUT2D eigenvalue weighted by Crippen LogP contribution is 2.27. The lowest BCUT2D eigenvalue weighted by atomic mass is 10.2. The summed E-state index contributed by atoms with van der Waals surface area (Å²) in [6.07, 6.45) is 0. The molecule has 2 aromatic carbocycles. The standard InChI is InChI=1S/C16H15ClN2O4/c1-19(11-4-6-12(20)7-5-11)16(22)15(21)18-10-3-8-14(23-2)13(17)9-10/h3-9,20H,1-2H3,(H,18,21). The number of anilines is 2. The second-order valence-electron chi connectivity index (χ2n) is 4.68. The largest absolute Gasteiger partial charge is 0.508 e. The molecule has 23 heavy (non-hydrogen) atoms. The first-order valence-electron chi connectivity index (χ1n) is 6.64. The molecule has 0 aromatic heterocycles. The Morgan fingerprint density at radius 3 is 2.39 bits per heavy atom. The number of phenols is 1. The summed E-state index contributed by atoms with van der Waals surface area (Å²) >= 11 is 5.97.